The highest BCUT2D eigenvalue weighted by atomic mass is 16.5. The van der Waals surface area contributed by atoms with Crippen molar-refractivity contribution in [2.45, 2.75) is 12.8 Å². The molecule has 0 radical (unpaired) electrons. The smallest absolute Gasteiger partial charge is 0.337 e. The fourth-order valence-electron chi connectivity index (χ4n) is 2.67. The summed E-state index contributed by atoms with van der Waals surface area (Å²) in [4.78, 5) is 14.0. The molecule has 2 aromatic carbocycles. The number of methoxy groups -OCH3 is 1. The van der Waals surface area contributed by atoms with E-state index in [9.17, 15) is 4.79 Å². The zero-order valence-corrected chi connectivity index (χ0v) is 12.6. The van der Waals surface area contributed by atoms with Crippen molar-refractivity contribution in [2.75, 3.05) is 25.1 Å². The predicted octanol–water partition coefficient (Wildman–Crippen LogP) is 3.87. The van der Waals surface area contributed by atoms with Crippen molar-refractivity contribution in [1.82, 2.24) is 0 Å². The van der Waals surface area contributed by atoms with Gasteiger partial charge in [0.25, 0.3) is 0 Å². The number of esters is 1. The Kier molecular flexibility index (Phi) is 4.28. The number of hydrogen-bond donors (Lipinski definition) is 0. The molecule has 1 aliphatic rings. The van der Waals surface area contributed by atoms with Crippen molar-refractivity contribution in [3.8, 4) is 11.5 Å². The van der Waals surface area contributed by atoms with E-state index in [2.05, 4.69) is 4.90 Å². The average Bonchev–Trinajstić information content (AvgIpc) is 3.10. The first-order chi connectivity index (χ1) is 10.8. The highest BCUT2D eigenvalue weighted by Crippen LogP contribution is 2.35. The molecule has 0 unspecified atom stereocenters. The van der Waals surface area contributed by atoms with Gasteiger partial charge in [0.05, 0.1) is 18.4 Å². The second kappa shape index (κ2) is 6.52. The van der Waals surface area contributed by atoms with E-state index in [-0.39, 0.29) is 5.97 Å². The highest BCUT2D eigenvalue weighted by Gasteiger charge is 2.19. The normalized spacial score (nSPS) is 14.0. The van der Waals surface area contributed by atoms with Crippen molar-refractivity contribution in [3.63, 3.8) is 0 Å². The van der Waals surface area contributed by atoms with Gasteiger partial charge in [-0.25, -0.2) is 4.79 Å². The lowest BCUT2D eigenvalue weighted by Gasteiger charge is -2.22. The summed E-state index contributed by atoms with van der Waals surface area (Å²) in [7, 11) is 1.40. The van der Waals surface area contributed by atoms with Gasteiger partial charge in [-0.05, 0) is 43.2 Å². The Balaban J connectivity index is 1.95. The van der Waals surface area contributed by atoms with Crippen LogP contribution in [0.2, 0.25) is 0 Å². The highest BCUT2D eigenvalue weighted by molar-refractivity contribution is 5.91. The molecule has 0 aromatic heterocycles. The number of ether oxygens (including phenoxy) is 2. The molecule has 1 aliphatic heterocycles. The van der Waals surface area contributed by atoms with Crippen molar-refractivity contribution in [2.24, 2.45) is 0 Å². The standard InChI is InChI=1S/C18H19NO3/c1-21-18(20)14-9-10-17(22-15-7-3-2-4-8-15)16(13-14)19-11-5-6-12-19/h2-4,7-10,13H,5-6,11-12H2,1H3. The molecule has 0 atom stereocenters. The Bertz CT molecular complexity index is 649. The van der Waals surface area contributed by atoms with Crippen LogP contribution in [0.15, 0.2) is 48.5 Å². The van der Waals surface area contributed by atoms with Gasteiger partial charge in [0.1, 0.15) is 5.75 Å². The molecule has 4 heteroatoms. The number of anilines is 1. The van der Waals surface area contributed by atoms with E-state index >= 15 is 0 Å². The zero-order valence-electron chi connectivity index (χ0n) is 12.6. The van der Waals surface area contributed by atoms with Crippen molar-refractivity contribution in [1.29, 1.82) is 0 Å². The molecule has 4 nitrogen and oxygen atoms in total. The van der Waals surface area contributed by atoms with Crippen LogP contribution in [0.1, 0.15) is 23.2 Å². The Morgan fingerprint density at radius 3 is 2.45 bits per heavy atom. The minimum atomic E-state index is -0.327. The Labute approximate surface area is 130 Å². The molecular formula is C18H19NO3. The van der Waals surface area contributed by atoms with Gasteiger partial charge in [-0.1, -0.05) is 18.2 Å². The van der Waals surface area contributed by atoms with Gasteiger partial charge in [0, 0.05) is 13.1 Å². The summed E-state index contributed by atoms with van der Waals surface area (Å²) in [6.07, 6.45) is 2.32. The van der Waals surface area contributed by atoms with E-state index in [0.717, 1.165) is 43.1 Å². The summed E-state index contributed by atoms with van der Waals surface area (Å²) >= 11 is 0. The lowest BCUT2D eigenvalue weighted by atomic mass is 10.1. The number of nitrogens with zero attached hydrogens (tertiary/aromatic N) is 1. The summed E-state index contributed by atoms with van der Waals surface area (Å²) < 4.78 is 10.8. The molecule has 0 amide bonds. The van der Waals surface area contributed by atoms with Crippen LogP contribution >= 0.6 is 0 Å². The molecule has 2 aromatic rings. The average molecular weight is 297 g/mol. The molecule has 1 saturated heterocycles. The maximum absolute atomic E-state index is 11.8. The molecule has 22 heavy (non-hydrogen) atoms. The van der Waals surface area contributed by atoms with E-state index in [4.69, 9.17) is 9.47 Å². The van der Waals surface area contributed by atoms with E-state index in [1.54, 1.807) is 6.07 Å². The van der Waals surface area contributed by atoms with Crippen LogP contribution < -0.4 is 9.64 Å². The van der Waals surface area contributed by atoms with Crippen LogP contribution in [-0.2, 0) is 4.74 Å². The molecule has 1 fully saturated rings. The Hall–Kier alpha value is -2.49. The Morgan fingerprint density at radius 1 is 1.05 bits per heavy atom. The number of benzene rings is 2. The van der Waals surface area contributed by atoms with Gasteiger partial charge < -0.3 is 14.4 Å². The van der Waals surface area contributed by atoms with E-state index in [1.165, 1.54) is 7.11 Å². The fraction of sp³-hybridized carbons (Fsp3) is 0.278. The first-order valence-electron chi connectivity index (χ1n) is 7.48. The second-order valence-electron chi connectivity index (χ2n) is 5.28. The van der Waals surface area contributed by atoms with Gasteiger partial charge in [0.15, 0.2) is 5.75 Å². The SMILES string of the molecule is COC(=O)c1ccc(Oc2ccccc2)c(N2CCCC2)c1. The molecule has 0 spiro atoms. The van der Waals surface area contributed by atoms with Crippen LogP contribution in [-0.4, -0.2) is 26.2 Å². The quantitative estimate of drug-likeness (QED) is 0.803. The van der Waals surface area contributed by atoms with Gasteiger partial charge in [0.2, 0.25) is 0 Å². The third-order valence-electron chi connectivity index (χ3n) is 3.80. The first kappa shape index (κ1) is 14.4. The summed E-state index contributed by atoms with van der Waals surface area (Å²) in [6, 6.07) is 15.1. The minimum Gasteiger partial charge on any atom is -0.465 e. The third kappa shape index (κ3) is 3.06. The van der Waals surface area contributed by atoms with Crippen molar-refractivity contribution < 1.29 is 14.3 Å². The fourth-order valence-corrected chi connectivity index (χ4v) is 2.67. The summed E-state index contributed by atoms with van der Waals surface area (Å²) in [5.74, 6) is 1.22. The lowest BCUT2D eigenvalue weighted by molar-refractivity contribution is 0.0601. The summed E-state index contributed by atoms with van der Waals surface area (Å²) in [5.41, 5.74) is 1.49. The number of carbonyl (C=O) groups is 1. The number of carbonyl (C=O) groups excluding carboxylic acids is 1. The largest absolute Gasteiger partial charge is 0.465 e. The maximum atomic E-state index is 11.8. The number of rotatable bonds is 4. The van der Waals surface area contributed by atoms with E-state index < -0.39 is 0 Å². The van der Waals surface area contributed by atoms with Crippen LogP contribution in [0.5, 0.6) is 11.5 Å². The van der Waals surface area contributed by atoms with E-state index in [1.807, 2.05) is 42.5 Å². The lowest BCUT2D eigenvalue weighted by Crippen LogP contribution is -2.19. The van der Waals surface area contributed by atoms with Crippen LogP contribution in [0, 0.1) is 0 Å². The zero-order chi connectivity index (χ0) is 15.4. The van der Waals surface area contributed by atoms with E-state index in [0.29, 0.717) is 5.56 Å². The first-order valence-corrected chi connectivity index (χ1v) is 7.48. The number of para-hydroxylation sites is 1. The Morgan fingerprint density at radius 2 is 1.77 bits per heavy atom. The van der Waals surface area contributed by atoms with Crippen LogP contribution in [0.4, 0.5) is 5.69 Å². The maximum Gasteiger partial charge on any atom is 0.337 e. The van der Waals surface area contributed by atoms with Gasteiger partial charge in [-0.15, -0.1) is 0 Å². The molecule has 0 aliphatic carbocycles. The molecular weight excluding hydrogens is 278 g/mol. The molecule has 114 valence electrons. The number of hydrogen-bond acceptors (Lipinski definition) is 4. The molecule has 0 bridgehead atoms. The third-order valence-corrected chi connectivity index (χ3v) is 3.80. The van der Waals surface area contributed by atoms with Crippen molar-refractivity contribution in [3.05, 3.63) is 54.1 Å². The topological polar surface area (TPSA) is 38.8 Å². The summed E-state index contributed by atoms with van der Waals surface area (Å²) in [5, 5.41) is 0. The molecule has 0 saturated carbocycles. The molecule has 3 rings (SSSR count). The van der Waals surface area contributed by atoms with Crippen LogP contribution in [0.25, 0.3) is 0 Å². The molecule has 0 N–H and O–H groups in total. The van der Waals surface area contributed by atoms with Gasteiger partial charge in [-0.3, -0.25) is 0 Å². The summed E-state index contributed by atoms with van der Waals surface area (Å²) in [6.45, 7) is 1.96. The minimum absolute atomic E-state index is 0.327. The van der Waals surface area contributed by atoms with Gasteiger partial charge >= 0.3 is 5.97 Å². The predicted molar refractivity (Wildman–Crippen MR) is 85.7 cm³/mol. The second-order valence-corrected chi connectivity index (χ2v) is 5.28. The van der Waals surface area contributed by atoms with Gasteiger partial charge in [-0.2, -0.15) is 0 Å². The van der Waals surface area contributed by atoms with Crippen LogP contribution in [0.3, 0.4) is 0 Å². The monoisotopic (exact) mass is 297 g/mol. The van der Waals surface area contributed by atoms with Crippen molar-refractivity contribution >= 4 is 11.7 Å². The molecule has 1 heterocycles.